The highest BCUT2D eigenvalue weighted by Gasteiger charge is 2.90. The van der Waals surface area contributed by atoms with Gasteiger partial charge in [-0.2, -0.15) is 57.1 Å². The molecule has 2 aromatic rings. The van der Waals surface area contributed by atoms with Crippen LogP contribution in [0.3, 0.4) is 0 Å². The van der Waals surface area contributed by atoms with E-state index < -0.39 is 55.4 Å². The van der Waals surface area contributed by atoms with Gasteiger partial charge in [-0.25, -0.2) is 0 Å². The second-order valence-corrected chi connectivity index (χ2v) is 8.10. The fraction of sp³-hybridized carbons (Fsp3) is 0.455. The summed E-state index contributed by atoms with van der Waals surface area (Å²) in [6, 6.07) is 13.1. The lowest BCUT2D eigenvalue weighted by Gasteiger charge is -2.39. The van der Waals surface area contributed by atoms with Gasteiger partial charge in [0, 0.05) is 12.3 Å². The van der Waals surface area contributed by atoms with E-state index in [1.807, 2.05) is 0 Å². The molecule has 0 aromatic heterocycles. The van der Waals surface area contributed by atoms with Gasteiger partial charge in [0.2, 0.25) is 0 Å². The Balaban J connectivity index is 2.05. The zero-order valence-corrected chi connectivity index (χ0v) is 18.9. The summed E-state index contributed by atoms with van der Waals surface area (Å²) < 4.78 is 175. The first kappa shape index (κ1) is 31.0. The van der Waals surface area contributed by atoms with Crippen LogP contribution >= 0.6 is 11.6 Å². The molecular formula is C22H16ClF13O. The van der Waals surface area contributed by atoms with E-state index in [-0.39, 0.29) is 5.56 Å². The van der Waals surface area contributed by atoms with E-state index in [1.165, 1.54) is 12.1 Å². The molecule has 0 fully saturated rings. The van der Waals surface area contributed by atoms with Crippen molar-refractivity contribution >= 4 is 11.6 Å². The largest absolute Gasteiger partial charge is 0.460 e. The molecule has 0 saturated carbocycles. The van der Waals surface area contributed by atoms with Crippen molar-refractivity contribution in [2.24, 2.45) is 0 Å². The first-order valence-electron chi connectivity index (χ1n) is 10.0. The molecule has 0 atom stereocenters. The third-order valence-corrected chi connectivity index (χ3v) is 5.53. The first-order valence-corrected chi connectivity index (χ1v) is 10.5. The number of ether oxygens (including phenoxy) is 1. The molecule has 0 saturated heterocycles. The molecule has 37 heavy (non-hydrogen) atoms. The highest BCUT2D eigenvalue weighted by Crippen LogP contribution is 2.60. The van der Waals surface area contributed by atoms with Crippen molar-refractivity contribution in [3.63, 3.8) is 0 Å². The maximum absolute atomic E-state index is 13.8. The monoisotopic (exact) mass is 578 g/mol. The normalized spacial score (nSPS) is 14.2. The Labute approximate surface area is 206 Å². The molecule has 0 N–H and O–H groups in total. The van der Waals surface area contributed by atoms with Crippen molar-refractivity contribution in [3.8, 4) is 11.1 Å². The standard InChI is InChI=1S/C22H16ClF13O/c23-11-13-1-5-15(6-2-13)16-7-3-14(4-8-16)12-37-10-9-17(24,25)18(26,27)19(28,29)20(30,31)21(32,33)22(34,35)36/h1-8H,9-12H2. The van der Waals surface area contributed by atoms with Gasteiger partial charge in [0.05, 0.1) is 13.2 Å². The Bertz CT molecular complexity index is 1030. The van der Waals surface area contributed by atoms with Crippen LogP contribution in [-0.4, -0.2) is 42.4 Å². The van der Waals surface area contributed by atoms with Crippen molar-refractivity contribution < 1.29 is 61.8 Å². The lowest BCUT2D eigenvalue weighted by Crippen LogP contribution is -2.70. The lowest BCUT2D eigenvalue weighted by molar-refractivity contribution is -0.440. The van der Waals surface area contributed by atoms with E-state index >= 15 is 0 Å². The topological polar surface area (TPSA) is 9.23 Å². The molecule has 0 aliphatic rings. The van der Waals surface area contributed by atoms with Gasteiger partial charge in [-0.3, -0.25) is 0 Å². The van der Waals surface area contributed by atoms with Gasteiger partial charge in [0.25, 0.3) is 0 Å². The number of rotatable bonds is 11. The molecule has 0 unspecified atom stereocenters. The number of alkyl halides is 14. The lowest BCUT2D eigenvalue weighted by atomic mass is 9.93. The molecule has 0 radical (unpaired) electrons. The summed E-state index contributed by atoms with van der Waals surface area (Å²) in [5.74, 6) is -36.6. The Morgan fingerprint density at radius 3 is 1.35 bits per heavy atom. The third-order valence-electron chi connectivity index (χ3n) is 5.22. The summed E-state index contributed by atoms with van der Waals surface area (Å²) in [6.07, 6.45) is -9.83. The zero-order valence-electron chi connectivity index (χ0n) is 18.1. The Kier molecular flexibility index (Phi) is 8.80. The van der Waals surface area contributed by atoms with Crippen LogP contribution in [0.1, 0.15) is 17.5 Å². The fourth-order valence-electron chi connectivity index (χ4n) is 2.93. The number of hydrogen-bond donors (Lipinski definition) is 0. The van der Waals surface area contributed by atoms with Gasteiger partial charge in [0.15, 0.2) is 0 Å². The second-order valence-electron chi connectivity index (χ2n) is 7.83. The van der Waals surface area contributed by atoms with Crippen molar-refractivity contribution in [3.05, 3.63) is 59.7 Å². The quantitative estimate of drug-likeness (QED) is 0.147. The van der Waals surface area contributed by atoms with E-state index in [0.717, 1.165) is 11.1 Å². The summed E-state index contributed by atoms with van der Waals surface area (Å²) in [5, 5.41) is 0. The van der Waals surface area contributed by atoms with Gasteiger partial charge in [0.1, 0.15) is 0 Å². The summed E-state index contributed by atoms with van der Waals surface area (Å²) >= 11 is 5.69. The van der Waals surface area contributed by atoms with Gasteiger partial charge in [-0.05, 0) is 22.3 Å². The molecule has 208 valence electrons. The minimum absolute atomic E-state index is 0.290. The van der Waals surface area contributed by atoms with E-state index in [4.69, 9.17) is 11.6 Å². The molecular weight excluding hydrogens is 563 g/mol. The van der Waals surface area contributed by atoms with Crippen LogP contribution in [0.4, 0.5) is 57.1 Å². The summed E-state index contributed by atoms with van der Waals surface area (Å²) in [6.45, 7) is -1.99. The predicted octanol–water partition coefficient (Wildman–Crippen LogP) is 8.74. The summed E-state index contributed by atoms with van der Waals surface area (Å²) in [4.78, 5) is 0. The highest BCUT2D eigenvalue weighted by molar-refractivity contribution is 6.17. The van der Waals surface area contributed by atoms with Crippen LogP contribution in [0, 0.1) is 0 Å². The average Bonchev–Trinajstić information content (AvgIpc) is 2.81. The van der Waals surface area contributed by atoms with Crippen LogP contribution in [0.25, 0.3) is 11.1 Å². The van der Waals surface area contributed by atoms with E-state index in [9.17, 15) is 57.1 Å². The number of halogens is 14. The van der Waals surface area contributed by atoms with E-state index in [0.29, 0.717) is 11.4 Å². The third kappa shape index (κ3) is 5.79. The maximum atomic E-state index is 13.8. The average molecular weight is 579 g/mol. The van der Waals surface area contributed by atoms with Gasteiger partial charge in [-0.15, -0.1) is 11.6 Å². The first-order chi connectivity index (χ1) is 16.7. The van der Waals surface area contributed by atoms with Crippen LogP contribution < -0.4 is 0 Å². The van der Waals surface area contributed by atoms with Gasteiger partial charge in [-0.1, -0.05) is 48.5 Å². The Hall–Kier alpha value is -2.22. The highest BCUT2D eigenvalue weighted by atomic mass is 35.5. The molecule has 0 aliphatic carbocycles. The molecule has 0 amide bonds. The van der Waals surface area contributed by atoms with Crippen molar-refractivity contribution in [2.75, 3.05) is 6.61 Å². The molecule has 0 heterocycles. The molecule has 2 rings (SSSR count). The molecule has 2 aromatic carbocycles. The maximum Gasteiger partial charge on any atom is 0.460 e. The van der Waals surface area contributed by atoms with E-state index in [2.05, 4.69) is 4.74 Å². The van der Waals surface area contributed by atoms with Crippen LogP contribution in [0.2, 0.25) is 0 Å². The molecule has 15 heteroatoms. The minimum atomic E-state index is -7.90. The Morgan fingerprint density at radius 1 is 0.541 bits per heavy atom. The van der Waals surface area contributed by atoms with Crippen molar-refractivity contribution in [1.29, 1.82) is 0 Å². The number of hydrogen-bond acceptors (Lipinski definition) is 1. The SMILES string of the molecule is FC(F)(F)C(F)(F)C(F)(F)C(F)(F)C(F)(F)C(F)(F)CCOCc1ccc(-c2ccc(CCl)cc2)cc1. The molecule has 0 aliphatic heterocycles. The van der Waals surface area contributed by atoms with Crippen LogP contribution in [0.5, 0.6) is 0 Å². The summed E-state index contributed by atoms with van der Waals surface area (Å²) in [7, 11) is 0. The molecule has 0 bridgehead atoms. The van der Waals surface area contributed by atoms with Crippen molar-refractivity contribution in [1.82, 2.24) is 0 Å². The number of benzene rings is 2. The fourth-order valence-corrected chi connectivity index (χ4v) is 3.11. The zero-order chi connectivity index (χ0) is 28.5. The second kappa shape index (κ2) is 10.5. The Morgan fingerprint density at radius 2 is 0.946 bits per heavy atom. The van der Waals surface area contributed by atoms with Gasteiger partial charge >= 0.3 is 35.8 Å². The van der Waals surface area contributed by atoms with Crippen LogP contribution in [0.15, 0.2) is 48.5 Å². The van der Waals surface area contributed by atoms with E-state index in [1.54, 1.807) is 36.4 Å². The molecule has 0 spiro atoms. The molecule has 1 nitrogen and oxygen atoms in total. The van der Waals surface area contributed by atoms with Gasteiger partial charge < -0.3 is 4.74 Å². The smallest absolute Gasteiger partial charge is 0.377 e. The minimum Gasteiger partial charge on any atom is -0.377 e. The summed E-state index contributed by atoms with van der Waals surface area (Å²) in [5.41, 5.74) is 2.62. The van der Waals surface area contributed by atoms with Crippen molar-refractivity contribution in [2.45, 2.75) is 54.7 Å². The predicted molar refractivity (Wildman–Crippen MR) is 106 cm³/mol. The van der Waals surface area contributed by atoms with Crippen LogP contribution in [-0.2, 0) is 17.2 Å².